The molecule has 4 rings (SSSR count). The van der Waals surface area contributed by atoms with Crippen LogP contribution in [0.2, 0.25) is 0 Å². The number of Topliss-reactive ketones (excluding diaryl/α,β-unsaturated/α-hetero) is 1. The molecule has 4 aliphatic rings. The minimum Gasteiger partial charge on any atom is -0.299 e. The van der Waals surface area contributed by atoms with Gasteiger partial charge >= 0.3 is 0 Å². The number of fused-ring (bicyclic) bond motifs is 1. The number of rotatable bonds is 0. The molecular formula is C12H14O. The fourth-order valence-electron chi connectivity index (χ4n) is 3.24. The van der Waals surface area contributed by atoms with E-state index in [2.05, 4.69) is 24.3 Å². The fraction of sp³-hybridized carbons (Fsp3) is 0.583. The molecule has 4 atom stereocenters. The summed E-state index contributed by atoms with van der Waals surface area (Å²) >= 11 is 0. The van der Waals surface area contributed by atoms with E-state index in [1.165, 1.54) is 6.42 Å². The van der Waals surface area contributed by atoms with Gasteiger partial charge in [0.15, 0.2) is 0 Å². The first-order chi connectivity index (χ1) is 6.36. The second kappa shape index (κ2) is 2.57. The molecule has 0 amide bonds. The highest BCUT2D eigenvalue weighted by molar-refractivity contribution is 5.85. The minimum absolute atomic E-state index is 0.264. The Kier molecular flexibility index (Phi) is 1.49. The van der Waals surface area contributed by atoms with Crippen LogP contribution in [0.4, 0.5) is 0 Å². The van der Waals surface area contributed by atoms with Crippen molar-refractivity contribution in [2.75, 3.05) is 0 Å². The highest BCUT2D eigenvalue weighted by atomic mass is 16.1. The van der Waals surface area contributed by atoms with Crippen molar-refractivity contribution in [3.05, 3.63) is 24.3 Å². The molecule has 13 heavy (non-hydrogen) atoms. The highest BCUT2D eigenvalue weighted by Crippen LogP contribution is 2.47. The summed E-state index contributed by atoms with van der Waals surface area (Å²) in [6.45, 7) is 0. The Morgan fingerprint density at radius 2 is 1.85 bits per heavy atom. The first kappa shape index (κ1) is 7.54. The maximum Gasteiger partial charge on any atom is 0.140 e. The van der Waals surface area contributed by atoms with E-state index in [4.69, 9.17) is 0 Å². The van der Waals surface area contributed by atoms with Gasteiger partial charge in [-0.2, -0.15) is 0 Å². The van der Waals surface area contributed by atoms with Gasteiger partial charge in [0.25, 0.3) is 0 Å². The number of ketones is 1. The van der Waals surface area contributed by atoms with E-state index in [9.17, 15) is 4.79 Å². The van der Waals surface area contributed by atoms with E-state index < -0.39 is 0 Å². The van der Waals surface area contributed by atoms with Crippen LogP contribution < -0.4 is 0 Å². The number of carbonyl (C=O) groups excluding carboxylic acids is 1. The van der Waals surface area contributed by atoms with E-state index in [0.717, 1.165) is 18.8 Å². The van der Waals surface area contributed by atoms with Crippen LogP contribution in [0, 0.1) is 23.7 Å². The Morgan fingerprint density at radius 3 is 2.62 bits per heavy atom. The van der Waals surface area contributed by atoms with Gasteiger partial charge in [-0.05, 0) is 30.6 Å². The molecule has 4 aliphatic carbocycles. The second-order valence-electron chi connectivity index (χ2n) is 4.52. The van der Waals surface area contributed by atoms with Gasteiger partial charge in [-0.25, -0.2) is 0 Å². The third-order valence-electron chi connectivity index (χ3n) is 3.92. The van der Waals surface area contributed by atoms with Crippen LogP contribution in [0.3, 0.4) is 0 Å². The molecule has 0 aromatic rings. The van der Waals surface area contributed by atoms with Crippen molar-refractivity contribution < 1.29 is 4.79 Å². The lowest BCUT2D eigenvalue weighted by Gasteiger charge is -2.45. The van der Waals surface area contributed by atoms with Crippen molar-refractivity contribution >= 4 is 5.78 Å². The molecule has 0 aromatic heterocycles. The third kappa shape index (κ3) is 0.962. The minimum atomic E-state index is 0.264. The zero-order chi connectivity index (χ0) is 8.84. The average Bonchev–Trinajstić information content (AvgIpc) is 2.19. The Labute approximate surface area is 78.5 Å². The monoisotopic (exact) mass is 174 g/mol. The normalized spacial score (nSPS) is 46.6. The Balaban J connectivity index is 2.00. The number of carbonyl (C=O) groups is 1. The lowest BCUT2D eigenvalue weighted by Crippen LogP contribution is -2.43. The molecule has 0 aliphatic heterocycles. The molecule has 0 saturated heterocycles. The van der Waals surface area contributed by atoms with Crippen LogP contribution in [0.5, 0.6) is 0 Å². The smallest absolute Gasteiger partial charge is 0.140 e. The maximum absolute atomic E-state index is 11.6. The van der Waals surface area contributed by atoms with E-state index >= 15 is 0 Å². The van der Waals surface area contributed by atoms with Gasteiger partial charge in [0.2, 0.25) is 0 Å². The van der Waals surface area contributed by atoms with Crippen LogP contribution in [-0.4, -0.2) is 5.78 Å². The molecule has 0 heterocycles. The summed E-state index contributed by atoms with van der Waals surface area (Å²) in [5.41, 5.74) is 0. The van der Waals surface area contributed by atoms with E-state index in [-0.39, 0.29) is 5.92 Å². The molecule has 1 saturated carbocycles. The molecular weight excluding hydrogens is 160 g/mol. The van der Waals surface area contributed by atoms with Gasteiger partial charge in [0, 0.05) is 12.3 Å². The fourth-order valence-corrected chi connectivity index (χ4v) is 3.24. The predicted octanol–water partition coefficient (Wildman–Crippen LogP) is 2.34. The summed E-state index contributed by atoms with van der Waals surface area (Å²) in [6, 6.07) is 0. The van der Waals surface area contributed by atoms with Crippen LogP contribution >= 0.6 is 0 Å². The Morgan fingerprint density at radius 1 is 1.08 bits per heavy atom. The molecule has 0 radical (unpaired) electrons. The zero-order valence-corrected chi connectivity index (χ0v) is 7.65. The molecule has 0 spiro atoms. The average molecular weight is 174 g/mol. The number of hydrogen-bond donors (Lipinski definition) is 0. The molecule has 0 aromatic carbocycles. The summed E-state index contributed by atoms with van der Waals surface area (Å²) in [6.07, 6.45) is 12.1. The van der Waals surface area contributed by atoms with Gasteiger partial charge in [-0.15, -0.1) is 0 Å². The maximum atomic E-state index is 11.6. The highest BCUT2D eigenvalue weighted by Gasteiger charge is 2.44. The Bertz CT molecular complexity index is 300. The summed E-state index contributed by atoms with van der Waals surface area (Å²) < 4.78 is 0. The second-order valence-corrected chi connectivity index (χ2v) is 4.52. The van der Waals surface area contributed by atoms with Crippen LogP contribution in [-0.2, 0) is 4.79 Å². The molecule has 0 N–H and O–H groups in total. The summed E-state index contributed by atoms with van der Waals surface area (Å²) in [4.78, 5) is 11.6. The number of allylic oxidation sites excluding steroid dienone is 4. The molecule has 1 fully saturated rings. The van der Waals surface area contributed by atoms with E-state index in [1.54, 1.807) is 0 Å². The molecule has 1 heteroatoms. The van der Waals surface area contributed by atoms with Gasteiger partial charge in [-0.3, -0.25) is 4.79 Å². The topological polar surface area (TPSA) is 17.1 Å². The molecule has 4 unspecified atom stereocenters. The van der Waals surface area contributed by atoms with E-state index in [0.29, 0.717) is 17.6 Å². The largest absolute Gasteiger partial charge is 0.299 e. The van der Waals surface area contributed by atoms with Crippen molar-refractivity contribution in [2.24, 2.45) is 23.7 Å². The SMILES string of the molecule is O=C1CC2C=CC1C1CC=CCC21. The summed E-state index contributed by atoms with van der Waals surface area (Å²) in [5.74, 6) is 2.73. The van der Waals surface area contributed by atoms with Crippen LogP contribution in [0.1, 0.15) is 19.3 Å². The van der Waals surface area contributed by atoms with Gasteiger partial charge in [-0.1, -0.05) is 24.3 Å². The Hall–Kier alpha value is -0.850. The standard InChI is InChI=1S/C12H14O/c13-12-7-8-5-6-11(12)10-4-2-1-3-9(8)10/h1-2,5-6,8-11H,3-4,7H2. The first-order valence-electron chi connectivity index (χ1n) is 5.22. The van der Waals surface area contributed by atoms with Crippen LogP contribution in [0.15, 0.2) is 24.3 Å². The lowest BCUT2D eigenvalue weighted by molar-refractivity contribution is -0.129. The van der Waals surface area contributed by atoms with Crippen molar-refractivity contribution in [3.8, 4) is 0 Å². The van der Waals surface area contributed by atoms with Crippen LogP contribution in [0.25, 0.3) is 0 Å². The zero-order valence-electron chi connectivity index (χ0n) is 7.65. The summed E-state index contributed by atoms with van der Waals surface area (Å²) in [5, 5.41) is 0. The number of hydrogen-bond acceptors (Lipinski definition) is 1. The van der Waals surface area contributed by atoms with Crippen molar-refractivity contribution in [1.29, 1.82) is 0 Å². The lowest BCUT2D eigenvalue weighted by atomic mass is 9.58. The third-order valence-corrected chi connectivity index (χ3v) is 3.92. The van der Waals surface area contributed by atoms with Crippen molar-refractivity contribution in [2.45, 2.75) is 19.3 Å². The molecule has 68 valence electrons. The van der Waals surface area contributed by atoms with Gasteiger partial charge in [0.05, 0.1) is 0 Å². The predicted molar refractivity (Wildman–Crippen MR) is 51.1 cm³/mol. The quantitative estimate of drug-likeness (QED) is 0.515. The summed E-state index contributed by atoms with van der Waals surface area (Å²) in [7, 11) is 0. The first-order valence-corrected chi connectivity index (χ1v) is 5.22. The van der Waals surface area contributed by atoms with Gasteiger partial charge < -0.3 is 0 Å². The van der Waals surface area contributed by atoms with E-state index in [1.807, 2.05) is 0 Å². The molecule has 2 bridgehead atoms. The van der Waals surface area contributed by atoms with Crippen molar-refractivity contribution in [3.63, 3.8) is 0 Å². The van der Waals surface area contributed by atoms with Crippen molar-refractivity contribution in [1.82, 2.24) is 0 Å². The molecule has 1 nitrogen and oxygen atoms in total. The van der Waals surface area contributed by atoms with Gasteiger partial charge in [0.1, 0.15) is 5.78 Å².